The third-order valence-electron chi connectivity index (χ3n) is 2.66. The lowest BCUT2D eigenvalue weighted by Crippen LogP contribution is -2.15. The van der Waals surface area contributed by atoms with Gasteiger partial charge in [-0.25, -0.2) is 13.2 Å². The molecule has 6 heteroatoms. The summed E-state index contributed by atoms with van der Waals surface area (Å²) >= 11 is 1.04. The minimum Gasteiger partial charge on any atom is -0.323 e. The van der Waals surface area contributed by atoms with E-state index in [9.17, 15) is 18.0 Å². The number of rotatable bonds is 4. The molecule has 21 heavy (non-hydrogen) atoms. The quantitative estimate of drug-likeness (QED) is 0.860. The van der Waals surface area contributed by atoms with E-state index in [0.29, 0.717) is 4.90 Å². The number of nitrogens with one attached hydrogen (secondary N) is 1. The van der Waals surface area contributed by atoms with Gasteiger partial charge in [0.2, 0.25) is 5.91 Å². The van der Waals surface area contributed by atoms with Crippen LogP contribution in [-0.4, -0.2) is 11.7 Å². The second-order valence-corrected chi connectivity index (χ2v) is 5.44. The summed E-state index contributed by atoms with van der Waals surface area (Å²) in [5, 5.41) is 2.43. The van der Waals surface area contributed by atoms with Crippen molar-refractivity contribution in [3.05, 3.63) is 59.4 Å². The predicted molar refractivity (Wildman–Crippen MR) is 76.8 cm³/mol. The van der Waals surface area contributed by atoms with E-state index in [4.69, 9.17) is 0 Å². The van der Waals surface area contributed by atoms with Gasteiger partial charge in [-0.3, -0.25) is 4.79 Å². The third kappa shape index (κ3) is 4.26. The predicted octanol–water partition coefficient (Wildman–Crippen LogP) is 4.14. The van der Waals surface area contributed by atoms with Crippen molar-refractivity contribution in [1.29, 1.82) is 0 Å². The molecule has 2 aromatic rings. The molecule has 0 aromatic heterocycles. The molecular formula is C15H12F3NOS. The summed E-state index contributed by atoms with van der Waals surface area (Å²) in [6, 6.07) is 7.86. The number of amides is 1. The first kappa shape index (κ1) is 15.4. The largest absolute Gasteiger partial charge is 0.323 e. The molecule has 0 saturated heterocycles. The molecule has 0 unspecified atom stereocenters. The summed E-state index contributed by atoms with van der Waals surface area (Å²) in [5.41, 5.74) is 0.846. The minimum absolute atomic E-state index is 0.0294. The Morgan fingerprint density at radius 3 is 2.48 bits per heavy atom. The van der Waals surface area contributed by atoms with Crippen LogP contribution in [0.15, 0.2) is 41.3 Å². The number of hydrogen-bond donors (Lipinski definition) is 1. The Morgan fingerprint density at radius 1 is 1.05 bits per heavy atom. The fraction of sp³-hybridized carbons (Fsp3) is 0.133. The van der Waals surface area contributed by atoms with E-state index in [1.807, 2.05) is 0 Å². The van der Waals surface area contributed by atoms with Crippen molar-refractivity contribution in [2.45, 2.75) is 11.8 Å². The molecule has 0 atom stereocenters. The van der Waals surface area contributed by atoms with Crippen LogP contribution in [0.1, 0.15) is 5.56 Å². The Morgan fingerprint density at radius 2 is 1.81 bits per heavy atom. The van der Waals surface area contributed by atoms with E-state index < -0.39 is 23.4 Å². The second kappa shape index (κ2) is 6.67. The smallest absolute Gasteiger partial charge is 0.234 e. The van der Waals surface area contributed by atoms with Gasteiger partial charge in [0.05, 0.1) is 11.4 Å². The minimum atomic E-state index is -0.968. The number of anilines is 1. The average molecular weight is 311 g/mol. The van der Waals surface area contributed by atoms with Crippen molar-refractivity contribution in [1.82, 2.24) is 0 Å². The van der Waals surface area contributed by atoms with Gasteiger partial charge in [0.25, 0.3) is 0 Å². The molecule has 1 N–H and O–H groups in total. The van der Waals surface area contributed by atoms with E-state index >= 15 is 0 Å². The Bertz CT molecular complexity index is 676. The molecule has 2 nitrogen and oxygen atoms in total. The van der Waals surface area contributed by atoms with Crippen LogP contribution in [-0.2, 0) is 4.79 Å². The van der Waals surface area contributed by atoms with Gasteiger partial charge in [-0.15, -0.1) is 11.8 Å². The first-order valence-corrected chi connectivity index (χ1v) is 7.08. The summed E-state index contributed by atoms with van der Waals surface area (Å²) in [6.07, 6.45) is 0. The number of carbonyl (C=O) groups excluding carboxylic acids is 1. The highest BCUT2D eigenvalue weighted by molar-refractivity contribution is 8.00. The molecule has 0 aliphatic heterocycles. The third-order valence-corrected chi connectivity index (χ3v) is 3.65. The van der Waals surface area contributed by atoms with Crippen molar-refractivity contribution in [2.75, 3.05) is 11.1 Å². The molecule has 0 saturated carbocycles. The number of thioether (sulfide) groups is 1. The second-order valence-electron chi connectivity index (χ2n) is 4.40. The van der Waals surface area contributed by atoms with Gasteiger partial charge in [-0.1, -0.05) is 6.07 Å². The molecule has 0 bridgehead atoms. The van der Waals surface area contributed by atoms with Crippen molar-refractivity contribution in [2.24, 2.45) is 0 Å². The molecule has 0 spiro atoms. The number of hydrogen-bond acceptors (Lipinski definition) is 2. The van der Waals surface area contributed by atoms with Gasteiger partial charge in [-0.2, -0.15) is 0 Å². The molecule has 2 rings (SSSR count). The van der Waals surface area contributed by atoms with Gasteiger partial charge in [0.15, 0.2) is 11.6 Å². The summed E-state index contributed by atoms with van der Waals surface area (Å²) in [7, 11) is 0. The van der Waals surface area contributed by atoms with Crippen LogP contribution >= 0.6 is 11.8 Å². The lowest BCUT2D eigenvalue weighted by Gasteiger charge is -2.07. The van der Waals surface area contributed by atoms with E-state index in [-0.39, 0.29) is 11.4 Å². The van der Waals surface area contributed by atoms with Gasteiger partial charge >= 0.3 is 0 Å². The number of carbonyl (C=O) groups is 1. The van der Waals surface area contributed by atoms with Crippen molar-refractivity contribution in [3.63, 3.8) is 0 Å². The highest BCUT2D eigenvalue weighted by atomic mass is 32.2. The number of aryl methyl sites for hydroxylation is 1. The van der Waals surface area contributed by atoms with E-state index in [1.54, 1.807) is 13.0 Å². The maximum absolute atomic E-state index is 13.6. The highest BCUT2D eigenvalue weighted by Crippen LogP contribution is 2.21. The molecular weight excluding hydrogens is 299 g/mol. The van der Waals surface area contributed by atoms with Crippen molar-refractivity contribution < 1.29 is 18.0 Å². The van der Waals surface area contributed by atoms with Gasteiger partial charge in [-0.05, 0) is 42.8 Å². The SMILES string of the molecule is Cc1ccc(NC(=O)CSc2ccc(F)c(F)c2)c(F)c1. The lowest BCUT2D eigenvalue weighted by atomic mass is 10.2. The van der Waals surface area contributed by atoms with E-state index in [2.05, 4.69) is 5.32 Å². The zero-order valence-electron chi connectivity index (χ0n) is 11.1. The zero-order valence-corrected chi connectivity index (χ0v) is 11.9. The monoisotopic (exact) mass is 311 g/mol. The Labute approximate surface area is 124 Å². The lowest BCUT2D eigenvalue weighted by molar-refractivity contribution is -0.113. The molecule has 0 aliphatic rings. The van der Waals surface area contributed by atoms with Gasteiger partial charge < -0.3 is 5.32 Å². The van der Waals surface area contributed by atoms with Crippen molar-refractivity contribution in [3.8, 4) is 0 Å². The first-order valence-electron chi connectivity index (χ1n) is 6.09. The Hall–Kier alpha value is -1.95. The number of benzene rings is 2. The van der Waals surface area contributed by atoms with Crippen molar-refractivity contribution >= 4 is 23.4 Å². The van der Waals surface area contributed by atoms with Gasteiger partial charge in [0, 0.05) is 4.90 Å². The topological polar surface area (TPSA) is 29.1 Å². The fourth-order valence-corrected chi connectivity index (χ4v) is 2.34. The number of halogens is 3. The first-order chi connectivity index (χ1) is 9.95. The van der Waals surface area contributed by atoms with Crippen LogP contribution in [0.4, 0.5) is 18.9 Å². The summed E-state index contributed by atoms with van der Waals surface area (Å²) in [6.45, 7) is 1.74. The molecule has 0 radical (unpaired) electrons. The Balaban J connectivity index is 1.94. The van der Waals surface area contributed by atoms with Crippen LogP contribution in [0.3, 0.4) is 0 Å². The maximum atomic E-state index is 13.6. The standard InChI is InChI=1S/C15H12F3NOS/c1-9-2-5-14(13(18)6-9)19-15(20)8-21-10-3-4-11(16)12(17)7-10/h2-7H,8H2,1H3,(H,19,20). The van der Waals surface area contributed by atoms with E-state index in [0.717, 1.165) is 29.5 Å². The normalized spacial score (nSPS) is 10.5. The molecule has 1 amide bonds. The summed E-state index contributed by atoms with van der Waals surface area (Å²) in [5.74, 6) is -2.87. The zero-order chi connectivity index (χ0) is 15.4. The molecule has 0 heterocycles. The molecule has 110 valence electrons. The Kier molecular flexibility index (Phi) is 4.90. The van der Waals surface area contributed by atoms with Crippen LogP contribution < -0.4 is 5.32 Å². The van der Waals surface area contributed by atoms with Crippen LogP contribution in [0.5, 0.6) is 0 Å². The average Bonchev–Trinajstić information content (AvgIpc) is 2.43. The molecule has 0 aliphatic carbocycles. The van der Waals surface area contributed by atoms with Gasteiger partial charge in [0.1, 0.15) is 5.82 Å². The van der Waals surface area contributed by atoms with Crippen LogP contribution in [0.2, 0.25) is 0 Å². The maximum Gasteiger partial charge on any atom is 0.234 e. The fourth-order valence-electron chi connectivity index (χ4n) is 1.62. The molecule has 0 fully saturated rings. The van der Waals surface area contributed by atoms with E-state index in [1.165, 1.54) is 18.2 Å². The summed E-state index contributed by atoms with van der Waals surface area (Å²) < 4.78 is 39.3. The summed E-state index contributed by atoms with van der Waals surface area (Å²) in [4.78, 5) is 12.1. The molecule has 2 aromatic carbocycles. The van der Waals surface area contributed by atoms with Crippen LogP contribution in [0.25, 0.3) is 0 Å². The van der Waals surface area contributed by atoms with Crippen LogP contribution in [0, 0.1) is 24.4 Å². The highest BCUT2D eigenvalue weighted by Gasteiger charge is 2.09.